The highest BCUT2D eigenvalue weighted by molar-refractivity contribution is 5.69. The Kier molecular flexibility index (Phi) is 3.08. The lowest BCUT2D eigenvalue weighted by molar-refractivity contribution is -0.0886. The predicted molar refractivity (Wildman–Crippen MR) is 63.7 cm³/mol. The van der Waals surface area contributed by atoms with Crippen molar-refractivity contribution in [3.63, 3.8) is 0 Å². The van der Waals surface area contributed by atoms with Gasteiger partial charge in [0.1, 0.15) is 5.60 Å². The standard InChI is InChI=1S/C12H22N2O3/c1-11(2,3)17-10(15)14-6-4-5-9(14)12(13)7-16-8-12/h9H,4-8,13H2,1-3H3/t9-/m0/s1. The van der Waals surface area contributed by atoms with Gasteiger partial charge < -0.3 is 20.1 Å². The zero-order chi connectivity index (χ0) is 12.7. The molecule has 0 aromatic heterocycles. The van der Waals surface area contributed by atoms with E-state index >= 15 is 0 Å². The third-order valence-electron chi connectivity index (χ3n) is 3.29. The molecule has 2 aliphatic rings. The minimum absolute atomic E-state index is 0.0612. The van der Waals surface area contributed by atoms with E-state index in [1.54, 1.807) is 4.90 Å². The Hall–Kier alpha value is -0.810. The van der Waals surface area contributed by atoms with Gasteiger partial charge in [-0.1, -0.05) is 0 Å². The molecule has 0 spiro atoms. The summed E-state index contributed by atoms with van der Waals surface area (Å²) in [5.41, 5.74) is 5.40. The first kappa shape index (κ1) is 12.6. The highest BCUT2D eigenvalue weighted by Crippen LogP contribution is 2.31. The summed E-state index contributed by atoms with van der Waals surface area (Å²) in [4.78, 5) is 13.8. The van der Waals surface area contributed by atoms with Gasteiger partial charge in [-0.15, -0.1) is 0 Å². The number of carbonyl (C=O) groups is 1. The van der Waals surface area contributed by atoms with Crippen LogP contribution in [0.4, 0.5) is 4.79 Å². The molecule has 98 valence electrons. The molecular weight excluding hydrogens is 220 g/mol. The normalized spacial score (nSPS) is 27.8. The van der Waals surface area contributed by atoms with Crippen LogP contribution in [0.15, 0.2) is 0 Å². The number of hydrogen-bond donors (Lipinski definition) is 1. The summed E-state index contributed by atoms with van der Waals surface area (Å²) < 4.78 is 10.6. The fourth-order valence-electron chi connectivity index (χ4n) is 2.43. The minimum Gasteiger partial charge on any atom is -0.444 e. The second kappa shape index (κ2) is 4.14. The van der Waals surface area contributed by atoms with Crippen LogP contribution in [0.3, 0.4) is 0 Å². The zero-order valence-corrected chi connectivity index (χ0v) is 10.9. The quantitative estimate of drug-likeness (QED) is 0.748. The lowest BCUT2D eigenvalue weighted by Crippen LogP contribution is -2.68. The number of amides is 1. The molecule has 17 heavy (non-hydrogen) atoms. The molecule has 2 rings (SSSR count). The van der Waals surface area contributed by atoms with Crippen LogP contribution in [0.1, 0.15) is 33.6 Å². The van der Waals surface area contributed by atoms with Crippen molar-refractivity contribution in [1.29, 1.82) is 0 Å². The van der Waals surface area contributed by atoms with Crippen LogP contribution < -0.4 is 5.73 Å². The molecule has 5 nitrogen and oxygen atoms in total. The van der Waals surface area contributed by atoms with E-state index in [-0.39, 0.29) is 17.7 Å². The average Bonchev–Trinajstić information content (AvgIpc) is 2.59. The SMILES string of the molecule is CC(C)(C)OC(=O)N1CCC[C@H]1C1(N)COC1. The van der Waals surface area contributed by atoms with Crippen LogP contribution in [0.25, 0.3) is 0 Å². The molecule has 0 saturated carbocycles. The zero-order valence-electron chi connectivity index (χ0n) is 10.9. The first-order valence-electron chi connectivity index (χ1n) is 6.18. The van der Waals surface area contributed by atoms with Crippen LogP contribution in [0.5, 0.6) is 0 Å². The first-order valence-corrected chi connectivity index (χ1v) is 6.18. The van der Waals surface area contributed by atoms with E-state index in [0.717, 1.165) is 19.4 Å². The molecule has 1 atom stereocenters. The molecule has 0 bridgehead atoms. The highest BCUT2D eigenvalue weighted by atomic mass is 16.6. The van der Waals surface area contributed by atoms with Crippen molar-refractivity contribution < 1.29 is 14.3 Å². The van der Waals surface area contributed by atoms with Gasteiger partial charge in [-0.25, -0.2) is 4.79 Å². The third kappa shape index (κ3) is 2.55. The van der Waals surface area contributed by atoms with Gasteiger partial charge >= 0.3 is 6.09 Å². The van der Waals surface area contributed by atoms with E-state index < -0.39 is 5.60 Å². The largest absolute Gasteiger partial charge is 0.444 e. The van der Waals surface area contributed by atoms with Gasteiger partial charge in [-0.05, 0) is 33.6 Å². The van der Waals surface area contributed by atoms with Gasteiger partial charge in [0.2, 0.25) is 0 Å². The molecule has 2 saturated heterocycles. The van der Waals surface area contributed by atoms with E-state index in [1.807, 2.05) is 20.8 Å². The number of likely N-dealkylation sites (tertiary alicyclic amines) is 1. The van der Waals surface area contributed by atoms with Crippen LogP contribution in [-0.4, -0.2) is 47.9 Å². The van der Waals surface area contributed by atoms with Crippen molar-refractivity contribution in [1.82, 2.24) is 4.90 Å². The second-order valence-electron chi connectivity index (χ2n) is 6.06. The van der Waals surface area contributed by atoms with Crippen LogP contribution in [0, 0.1) is 0 Å². The van der Waals surface area contributed by atoms with Crippen molar-refractivity contribution in [2.24, 2.45) is 5.73 Å². The summed E-state index contributed by atoms with van der Waals surface area (Å²) >= 11 is 0. The Morgan fingerprint density at radius 3 is 2.59 bits per heavy atom. The molecule has 1 amide bonds. The molecule has 2 fully saturated rings. The van der Waals surface area contributed by atoms with Gasteiger partial charge in [0.25, 0.3) is 0 Å². The van der Waals surface area contributed by atoms with Gasteiger partial charge in [-0.2, -0.15) is 0 Å². The number of carbonyl (C=O) groups excluding carboxylic acids is 1. The molecule has 2 heterocycles. The molecule has 2 N–H and O–H groups in total. The van der Waals surface area contributed by atoms with Crippen molar-refractivity contribution in [3.05, 3.63) is 0 Å². The topological polar surface area (TPSA) is 64.8 Å². The Labute approximate surface area is 102 Å². The van der Waals surface area contributed by atoms with E-state index in [4.69, 9.17) is 15.2 Å². The van der Waals surface area contributed by atoms with Crippen LogP contribution in [-0.2, 0) is 9.47 Å². The Morgan fingerprint density at radius 1 is 1.47 bits per heavy atom. The van der Waals surface area contributed by atoms with Gasteiger partial charge in [0.15, 0.2) is 0 Å². The predicted octanol–water partition coefficient (Wildman–Crippen LogP) is 1.11. The summed E-state index contributed by atoms with van der Waals surface area (Å²) in [6, 6.07) is 0.0612. The number of ether oxygens (including phenoxy) is 2. The smallest absolute Gasteiger partial charge is 0.410 e. The van der Waals surface area contributed by atoms with E-state index in [9.17, 15) is 4.79 Å². The Bertz CT molecular complexity index is 307. The maximum atomic E-state index is 12.1. The van der Waals surface area contributed by atoms with Gasteiger partial charge in [-0.3, -0.25) is 0 Å². The molecule has 0 aromatic rings. The van der Waals surface area contributed by atoms with Crippen molar-refractivity contribution >= 4 is 6.09 Å². The van der Waals surface area contributed by atoms with Crippen LogP contribution in [0.2, 0.25) is 0 Å². The van der Waals surface area contributed by atoms with E-state index in [1.165, 1.54) is 0 Å². The fraction of sp³-hybridized carbons (Fsp3) is 0.917. The summed E-state index contributed by atoms with van der Waals surface area (Å²) in [7, 11) is 0. The number of nitrogens with zero attached hydrogens (tertiary/aromatic N) is 1. The summed E-state index contributed by atoms with van der Waals surface area (Å²) in [5.74, 6) is 0. The van der Waals surface area contributed by atoms with Crippen LogP contribution >= 0.6 is 0 Å². The third-order valence-corrected chi connectivity index (χ3v) is 3.29. The van der Waals surface area contributed by atoms with E-state index in [0.29, 0.717) is 13.2 Å². The van der Waals surface area contributed by atoms with Gasteiger partial charge in [0, 0.05) is 6.54 Å². The molecule has 0 unspecified atom stereocenters. The maximum absolute atomic E-state index is 12.1. The molecule has 0 aliphatic carbocycles. The molecule has 5 heteroatoms. The summed E-state index contributed by atoms with van der Waals surface area (Å²) in [6.07, 6.45) is 1.68. The highest BCUT2D eigenvalue weighted by Gasteiger charge is 2.49. The Morgan fingerprint density at radius 2 is 2.12 bits per heavy atom. The monoisotopic (exact) mass is 242 g/mol. The number of nitrogens with two attached hydrogens (primary N) is 1. The fourth-order valence-corrected chi connectivity index (χ4v) is 2.43. The average molecular weight is 242 g/mol. The Balaban J connectivity index is 2.02. The minimum atomic E-state index is -0.456. The van der Waals surface area contributed by atoms with Crippen molar-refractivity contribution in [2.45, 2.75) is 50.8 Å². The lowest BCUT2D eigenvalue weighted by atomic mass is 9.87. The maximum Gasteiger partial charge on any atom is 0.410 e. The van der Waals surface area contributed by atoms with Crippen molar-refractivity contribution in [2.75, 3.05) is 19.8 Å². The number of hydrogen-bond acceptors (Lipinski definition) is 4. The molecule has 2 aliphatic heterocycles. The van der Waals surface area contributed by atoms with Crippen molar-refractivity contribution in [3.8, 4) is 0 Å². The molecule has 0 aromatic carbocycles. The summed E-state index contributed by atoms with van der Waals surface area (Å²) in [6.45, 7) is 7.44. The summed E-state index contributed by atoms with van der Waals surface area (Å²) in [5, 5.41) is 0. The molecular formula is C12H22N2O3. The van der Waals surface area contributed by atoms with E-state index in [2.05, 4.69) is 0 Å². The number of rotatable bonds is 1. The first-order chi connectivity index (χ1) is 7.82. The lowest BCUT2D eigenvalue weighted by Gasteiger charge is -2.45. The second-order valence-corrected chi connectivity index (χ2v) is 6.06. The van der Waals surface area contributed by atoms with Gasteiger partial charge in [0.05, 0.1) is 24.8 Å². The molecule has 0 radical (unpaired) electrons.